The Bertz CT molecular complexity index is 421. The normalized spacial score (nSPS) is 23.9. The molecule has 2 fully saturated rings. The van der Waals surface area contributed by atoms with Gasteiger partial charge in [0.1, 0.15) is 0 Å². The van der Waals surface area contributed by atoms with Crippen LogP contribution in [0.5, 0.6) is 0 Å². The molecule has 0 amide bonds. The predicted molar refractivity (Wildman–Crippen MR) is 88.4 cm³/mol. The van der Waals surface area contributed by atoms with Crippen LogP contribution in [-0.2, 0) is 0 Å². The predicted octanol–water partition coefficient (Wildman–Crippen LogP) is 2.36. The first-order valence-corrected chi connectivity index (χ1v) is 8.46. The van der Waals surface area contributed by atoms with Crippen molar-refractivity contribution in [3.63, 3.8) is 0 Å². The molecule has 21 heavy (non-hydrogen) atoms. The van der Waals surface area contributed by atoms with Gasteiger partial charge in [0.2, 0.25) is 0 Å². The summed E-state index contributed by atoms with van der Waals surface area (Å²) in [5.41, 5.74) is 1.41. The molecule has 2 unspecified atom stereocenters. The molecular weight excluding hydrogens is 258 g/mol. The van der Waals surface area contributed by atoms with Gasteiger partial charge >= 0.3 is 0 Å². The standard InChI is InChI=1S/C18H29N3/c1-15(18(19-2)16-6-4-3-5-7-16)14-20-10-12-21(13-11-20)17-8-9-17/h3-7,15,17-19H,8-14H2,1-2H3. The third kappa shape index (κ3) is 3.85. The smallest absolute Gasteiger partial charge is 0.0355 e. The van der Waals surface area contributed by atoms with Crippen molar-refractivity contribution in [3.8, 4) is 0 Å². The molecule has 0 bridgehead atoms. The number of hydrogen-bond donors (Lipinski definition) is 1. The van der Waals surface area contributed by atoms with Gasteiger partial charge in [-0.3, -0.25) is 4.90 Å². The Labute approximate surface area is 129 Å². The molecule has 1 N–H and O–H groups in total. The Morgan fingerprint density at radius 2 is 1.76 bits per heavy atom. The Morgan fingerprint density at radius 3 is 2.33 bits per heavy atom. The van der Waals surface area contributed by atoms with Crippen molar-refractivity contribution < 1.29 is 0 Å². The van der Waals surface area contributed by atoms with E-state index < -0.39 is 0 Å². The highest BCUT2D eigenvalue weighted by molar-refractivity contribution is 5.19. The summed E-state index contributed by atoms with van der Waals surface area (Å²) in [6.45, 7) is 8.60. The zero-order valence-corrected chi connectivity index (χ0v) is 13.5. The molecule has 1 saturated heterocycles. The van der Waals surface area contributed by atoms with Crippen molar-refractivity contribution in [2.45, 2.75) is 31.8 Å². The molecule has 1 aromatic rings. The maximum Gasteiger partial charge on any atom is 0.0355 e. The fourth-order valence-corrected chi connectivity index (χ4v) is 3.70. The van der Waals surface area contributed by atoms with Crippen LogP contribution in [0.3, 0.4) is 0 Å². The van der Waals surface area contributed by atoms with Crippen LogP contribution in [0.15, 0.2) is 30.3 Å². The molecule has 0 radical (unpaired) electrons. The zero-order valence-electron chi connectivity index (χ0n) is 13.5. The Morgan fingerprint density at radius 1 is 1.10 bits per heavy atom. The second-order valence-electron chi connectivity index (χ2n) is 6.72. The SMILES string of the molecule is CNC(c1ccccc1)C(C)CN1CCN(C2CC2)CC1. The van der Waals surface area contributed by atoms with Crippen LogP contribution in [0.4, 0.5) is 0 Å². The highest BCUT2D eigenvalue weighted by Crippen LogP contribution is 2.28. The van der Waals surface area contributed by atoms with Crippen molar-refractivity contribution in [1.82, 2.24) is 15.1 Å². The lowest BCUT2D eigenvalue weighted by atomic mass is 9.94. The molecule has 1 aliphatic carbocycles. The summed E-state index contributed by atoms with van der Waals surface area (Å²) in [7, 11) is 2.08. The fraction of sp³-hybridized carbons (Fsp3) is 0.667. The van der Waals surface area contributed by atoms with Gasteiger partial charge in [-0.1, -0.05) is 37.3 Å². The van der Waals surface area contributed by atoms with Gasteiger partial charge in [-0.05, 0) is 31.4 Å². The molecule has 3 heteroatoms. The number of nitrogens with zero attached hydrogens (tertiary/aromatic N) is 2. The second-order valence-corrected chi connectivity index (χ2v) is 6.72. The van der Waals surface area contributed by atoms with E-state index in [1.807, 2.05) is 0 Å². The monoisotopic (exact) mass is 287 g/mol. The van der Waals surface area contributed by atoms with E-state index >= 15 is 0 Å². The van der Waals surface area contributed by atoms with Gasteiger partial charge in [0.25, 0.3) is 0 Å². The zero-order chi connectivity index (χ0) is 14.7. The average Bonchev–Trinajstić information content (AvgIpc) is 3.35. The molecule has 3 rings (SSSR count). The van der Waals surface area contributed by atoms with Crippen molar-refractivity contribution in [2.24, 2.45) is 5.92 Å². The number of benzene rings is 1. The van der Waals surface area contributed by atoms with E-state index in [1.54, 1.807) is 0 Å². The van der Waals surface area contributed by atoms with Crippen LogP contribution in [0.25, 0.3) is 0 Å². The molecule has 2 atom stereocenters. The van der Waals surface area contributed by atoms with Crippen molar-refractivity contribution in [2.75, 3.05) is 39.8 Å². The van der Waals surface area contributed by atoms with Crippen LogP contribution < -0.4 is 5.32 Å². The third-order valence-electron chi connectivity index (χ3n) is 5.06. The summed E-state index contributed by atoms with van der Waals surface area (Å²) in [5, 5.41) is 3.51. The van der Waals surface area contributed by atoms with Gasteiger partial charge < -0.3 is 10.2 Å². The fourth-order valence-electron chi connectivity index (χ4n) is 3.70. The Balaban J connectivity index is 1.51. The van der Waals surface area contributed by atoms with Gasteiger partial charge in [0.05, 0.1) is 0 Å². The first-order valence-electron chi connectivity index (χ1n) is 8.46. The molecule has 1 saturated carbocycles. The second kappa shape index (κ2) is 6.91. The lowest BCUT2D eigenvalue weighted by Gasteiger charge is -2.37. The van der Waals surface area contributed by atoms with Crippen LogP contribution >= 0.6 is 0 Å². The molecule has 2 aliphatic rings. The van der Waals surface area contributed by atoms with E-state index in [0.29, 0.717) is 12.0 Å². The molecule has 1 heterocycles. The maximum atomic E-state index is 3.51. The van der Waals surface area contributed by atoms with E-state index in [1.165, 1.54) is 51.1 Å². The quantitative estimate of drug-likeness (QED) is 0.866. The first kappa shape index (κ1) is 15.0. The van der Waals surface area contributed by atoms with Gasteiger partial charge in [-0.2, -0.15) is 0 Å². The Kier molecular flexibility index (Phi) is 4.94. The van der Waals surface area contributed by atoms with E-state index in [2.05, 4.69) is 59.4 Å². The summed E-state index contributed by atoms with van der Waals surface area (Å²) in [5.74, 6) is 0.630. The maximum absolute atomic E-state index is 3.51. The number of nitrogens with one attached hydrogen (secondary N) is 1. The minimum Gasteiger partial charge on any atom is -0.313 e. The minimum absolute atomic E-state index is 0.452. The number of rotatable bonds is 6. The molecule has 0 aromatic heterocycles. The third-order valence-corrected chi connectivity index (χ3v) is 5.06. The van der Waals surface area contributed by atoms with Gasteiger partial charge in [-0.15, -0.1) is 0 Å². The van der Waals surface area contributed by atoms with Gasteiger partial charge in [0, 0.05) is 44.8 Å². The summed E-state index contributed by atoms with van der Waals surface area (Å²) < 4.78 is 0. The van der Waals surface area contributed by atoms with E-state index in [0.717, 1.165) is 6.04 Å². The van der Waals surface area contributed by atoms with Crippen molar-refractivity contribution in [1.29, 1.82) is 0 Å². The molecule has 0 spiro atoms. The molecule has 1 aromatic carbocycles. The number of hydrogen-bond acceptors (Lipinski definition) is 3. The van der Waals surface area contributed by atoms with Crippen LogP contribution in [-0.4, -0.2) is 55.6 Å². The largest absolute Gasteiger partial charge is 0.313 e. The van der Waals surface area contributed by atoms with E-state index in [4.69, 9.17) is 0 Å². The first-order chi connectivity index (χ1) is 10.3. The van der Waals surface area contributed by atoms with Crippen molar-refractivity contribution in [3.05, 3.63) is 35.9 Å². The lowest BCUT2D eigenvalue weighted by Crippen LogP contribution is -2.49. The van der Waals surface area contributed by atoms with E-state index in [9.17, 15) is 0 Å². The molecule has 3 nitrogen and oxygen atoms in total. The Hall–Kier alpha value is -0.900. The summed E-state index contributed by atoms with van der Waals surface area (Å²) in [6.07, 6.45) is 2.87. The van der Waals surface area contributed by atoms with Crippen molar-refractivity contribution >= 4 is 0 Å². The van der Waals surface area contributed by atoms with Crippen LogP contribution in [0.2, 0.25) is 0 Å². The topological polar surface area (TPSA) is 18.5 Å². The van der Waals surface area contributed by atoms with Crippen LogP contribution in [0.1, 0.15) is 31.4 Å². The minimum atomic E-state index is 0.452. The van der Waals surface area contributed by atoms with Gasteiger partial charge in [-0.25, -0.2) is 0 Å². The van der Waals surface area contributed by atoms with Crippen LogP contribution in [0, 0.1) is 5.92 Å². The summed E-state index contributed by atoms with van der Waals surface area (Å²) >= 11 is 0. The summed E-state index contributed by atoms with van der Waals surface area (Å²) in [4.78, 5) is 5.34. The summed E-state index contributed by atoms with van der Waals surface area (Å²) in [6, 6.07) is 12.2. The molecule has 116 valence electrons. The molecular formula is C18H29N3. The van der Waals surface area contributed by atoms with Gasteiger partial charge in [0.15, 0.2) is 0 Å². The van der Waals surface area contributed by atoms with E-state index in [-0.39, 0.29) is 0 Å². The highest BCUT2D eigenvalue weighted by atomic mass is 15.3. The lowest BCUT2D eigenvalue weighted by molar-refractivity contribution is 0.108. The number of piperazine rings is 1. The average molecular weight is 287 g/mol. The highest BCUT2D eigenvalue weighted by Gasteiger charge is 2.31. The molecule has 1 aliphatic heterocycles.